The van der Waals surface area contributed by atoms with Gasteiger partial charge in [-0.05, 0) is 83.5 Å². The Labute approximate surface area is 498 Å². The van der Waals surface area contributed by atoms with E-state index in [1.54, 1.807) is 6.08 Å². The maximum atomic E-state index is 13.1. The summed E-state index contributed by atoms with van der Waals surface area (Å²) in [5, 5.41) is 54.7. The van der Waals surface area contributed by atoms with Crippen molar-refractivity contribution in [1.82, 2.24) is 5.32 Å². The van der Waals surface area contributed by atoms with Crippen LogP contribution in [0.4, 0.5) is 0 Å². The molecule has 6 N–H and O–H groups in total. The van der Waals surface area contributed by atoms with Crippen LogP contribution in [-0.2, 0) is 14.3 Å². The molecule has 7 unspecified atom stereocenters. The summed E-state index contributed by atoms with van der Waals surface area (Å²) in [6.45, 7) is 3.68. The number of aliphatic hydroxyl groups is 5. The van der Waals surface area contributed by atoms with E-state index >= 15 is 0 Å². The van der Waals surface area contributed by atoms with Gasteiger partial charge < -0.3 is 40.3 Å². The molecule has 9 heteroatoms. The van der Waals surface area contributed by atoms with E-state index in [-0.39, 0.29) is 12.5 Å². The first-order chi connectivity index (χ1) is 39.8. The number of amides is 1. The van der Waals surface area contributed by atoms with Crippen LogP contribution in [0.1, 0.15) is 296 Å². The van der Waals surface area contributed by atoms with Gasteiger partial charge in [-0.2, -0.15) is 0 Å². The van der Waals surface area contributed by atoms with Gasteiger partial charge in [-0.1, -0.05) is 304 Å². The quantitative estimate of drug-likeness (QED) is 0.0261. The van der Waals surface area contributed by atoms with Crippen molar-refractivity contribution < 1.29 is 39.8 Å². The fraction of sp³-hybridized carbons (Fsp3) is 0.764. The molecule has 468 valence electrons. The Hall–Kier alpha value is -2.89. The molecule has 1 amide bonds. The maximum absolute atomic E-state index is 13.1. The molecule has 0 spiro atoms. The second kappa shape index (κ2) is 60.2. The van der Waals surface area contributed by atoms with E-state index in [9.17, 15) is 30.3 Å². The van der Waals surface area contributed by atoms with Gasteiger partial charge in [0, 0.05) is 6.42 Å². The number of unbranched alkanes of at least 4 members (excludes halogenated alkanes) is 34. The highest BCUT2D eigenvalue weighted by Gasteiger charge is 2.44. The van der Waals surface area contributed by atoms with E-state index in [1.165, 1.54) is 199 Å². The lowest BCUT2D eigenvalue weighted by molar-refractivity contribution is -0.302. The van der Waals surface area contributed by atoms with Gasteiger partial charge >= 0.3 is 0 Å². The zero-order chi connectivity index (χ0) is 58.6. The van der Waals surface area contributed by atoms with Crippen LogP contribution in [0.5, 0.6) is 0 Å². The van der Waals surface area contributed by atoms with Gasteiger partial charge in [-0.25, -0.2) is 0 Å². The van der Waals surface area contributed by atoms with Gasteiger partial charge in [0.05, 0.1) is 25.4 Å². The standard InChI is InChI=1S/C72H127NO8/c1-3-5-7-9-11-13-15-17-19-21-23-25-27-29-31-32-33-34-36-38-40-42-44-46-48-50-52-54-56-58-60-62-68(76)73-65(64-80-72-71(79)70(78)69(77)67(63-74)81-72)66(75)61-59-57-55-53-51-49-47-45-43-41-39-37-35-30-28-26-24-22-20-18-16-14-12-10-8-6-4-2/h5,7,11,13,17,19,23,25,29,31,33-34,51,53,59,61,65-67,69-72,74-75,77-79H,3-4,6,8-10,12,14-16,18,20-22,24,26-28,30,32,35-50,52,54-58,60,62-64H2,1-2H3,(H,73,76)/b7-5-,13-11-,19-17-,25-23-,31-29-,34-33-,53-51+,61-59+. The Kier molecular flexibility index (Phi) is 56.6. The highest BCUT2D eigenvalue weighted by Crippen LogP contribution is 2.23. The van der Waals surface area contributed by atoms with Gasteiger partial charge in [0.1, 0.15) is 24.4 Å². The van der Waals surface area contributed by atoms with E-state index in [2.05, 4.69) is 104 Å². The predicted octanol–water partition coefficient (Wildman–Crippen LogP) is 18.3. The first kappa shape index (κ1) is 76.1. The molecule has 0 saturated carbocycles. The normalized spacial score (nSPS) is 19.0. The molecular formula is C72H127NO8. The van der Waals surface area contributed by atoms with E-state index in [1.807, 2.05) is 6.08 Å². The van der Waals surface area contributed by atoms with Crippen molar-refractivity contribution in [2.45, 2.75) is 339 Å². The molecule has 0 radical (unpaired) electrons. The summed E-state index contributed by atoms with van der Waals surface area (Å²) in [5.74, 6) is -0.189. The van der Waals surface area contributed by atoms with Crippen LogP contribution in [-0.4, -0.2) is 87.5 Å². The summed E-state index contributed by atoms with van der Waals surface area (Å²) < 4.78 is 11.3. The topological polar surface area (TPSA) is 149 Å². The third-order valence-corrected chi connectivity index (χ3v) is 15.6. The van der Waals surface area contributed by atoms with Gasteiger partial charge in [0.15, 0.2) is 6.29 Å². The van der Waals surface area contributed by atoms with Crippen molar-refractivity contribution in [2.24, 2.45) is 0 Å². The Bertz CT molecular complexity index is 1600. The molecule has 0 aromatic carbocycles. The Morgan fingerprint density at radius 2 is 0.778 bits per heavy atom. The van der Waals surface area contributed by atoms with E-state index in [0.29, 0.717) is 6.42 Å². The molecule has 1 fully saturated rings. The van der Waals surface area contributed by atoms with Crippen LogP contribution in [0, 0.1) is 0 Å². The number of hydrogen-bond donors (Lipinski definition) is 6. The second-order valence-electron chi connectivity index (χ2n) is 23.2. The van der Waals surface area contributed by atoms with Gasteiger partial charge in [-0.15, -0.1) is 0 Å². The molecule has 7 atom stereocenters. The number of carbonyl (C=O) groups excluding carboxylic acids is 1. The number of ether oxygens (including phenoxy) is 2. The molecule has 0 aromatic rings. The molecule has 0 bridgehead atoms. The number of aliphatic hydroxyl groups excluding tert-OH is 5. The van der Waals surface area contributed by atoms with Crippen molar-refractivity contribution in [3.8, 4) is 0 Å². The largest absolute Gasteiger partial charge is 0.394 e. The molecule has 1 aliphatic heterocycles. The van der Waals surface area contributed by atoms with Crippen molar-refractivity contribution in [2.75, 3.05) is 13.2 Å². The zero-order valence-corrected chi connectivity index (χ0v) is 52.3. The second-order valence-corrected chi connectivity index (χ2v) is 23.2. The van der Waals surface area contributed by atoms with Crippen LogP contribution < -0.4 is 5.32 Å². The van der Waals surface area contributed by atoms with Crippen LogP contribution in [0.2, 0.25) is 0 Å². The van der Waals surface area contributed by atoms with Gasteiger partial charge in [-0.3, -0.25) is 4.79 Å². The average molecular weight is 1130 g/mol. The summed E-state index contributed by atoms with van der Waals surface area (Å²) in [5.41, 5.74) is 0. The Morgan fingerprint density at radius 3 is 1.19 bits per heavy atom. The van der Waals surface area contributed by atoms with Crippen molar-refractivity contribution >= 4 is 5.91 Å². The number of hydrogen-bond acceptors (Lipinski definition) is 8. The zero-order valence-electron chi connectivity index (χ0n) is 52.3. The molecule has 1 saturated heterocycles. The number of nitrogens with one attached hydrogen (secondary N) is 1. The summed E-state index contributed by atoms with van der Waals surface area (Å²) in [7, 11) is 0. The Morgan fingerprint density at radius 1 is 0.432 bits per heavy atom. The molecule has 1 aliphatic rings. The van der Waals surface area contributed by atoms with Crippen LogP contribution >= 0.6 is 0 Å². The first-order valence-corrected chi connectivity index (χ1v) is 34.0. The lowest BCUT2D eigenvalue weighted by atomic mass is 9.99. The maximum Gasteiger partial charge on any atom is 0.220 e. The minimum atomic E-state index is -1.58. The summed E-state index contributed by atoms with van der Waals surface area (Å²) >= 11 is 0. The van der Waals surface area contributed by atoms with Crippen LogP contribution in [0.25, 0.3) is 0 Å². The molecular weight excluding hydrogens is 1010 g/mol. The number of carbonyl (C=O) groups is 1. The monoisotopic (exact) mass is 1130 g/mol. The molecule has 1 rings (SSSR count). The van der Waals surface area contributed by atoms with Crippen molar-refractivity contribution in [1.29, 1.82) is 0 Å². The van der Waals surface area contributed by atoms with Crippen LogP contribution in [0.3, 0.4) is 0 Å². The fourth-order valence-electron chi connectivity index (χ4n) is 10.4. The molecule has 1 heterocycles. The smallest absolute Gasteiger partial charge is 0.220 e. The lowest BCUT2D eigenvalue weighted by Gasteiger charge is -2.40. The molecule has 81 heavy (non-hydrogen) atoms. The predicted molar refractivity (Wildman–Crippen MR) is 345 cm³/mol. The minimum absolute atomic E-state index is 0.189. The lowest BCUT2D eigenvalue weighted by Crippen LogP contribution is -2.60. The SMILES string of the molecule is CC/C=C\C/C=C\C/C=C\C/C=C\C/C=C\C/C=C\CCCCCCCCCCCCCCC(=O)NC(COC1OC(CO)C(O)C(O)C1O)C(O)/C=C/CC/C=C/CCCCCCCCCCCCCCCCCCCCCCC. The summed E-state index contributed by atoms with van der Waals surface area (Å²) in [6.07, 6.45) is 80.7. The summed E-state index contributed by atoms with van der Waals surface area (Å²) in [4.78, 5) is 13.1. The number of allylic oxidation sites excluding steroid dienone is 15. The minimum Gasteiger partial charge on any atom is -0.394 e. The van der Waals surface area contributed by atoms with E-state index < -0.39 is 49.5 Å². The third kappa shape index (κ3) is 49.1. The van der Waals surface area contributed by atoms with Gasteiger partial charge in [0.2, 0.25) is 5.91 Å². The van der Waals surface area contributed by atoms with Crippen molar-refractivity contribution in [3.05, 3.63) is 97.2 Å². The fourth-order valence-corrected chi connectivity index (χ4v) is 10.4. The average Bonchev–Trinajstić information content (AvgIpc) is 3.47. The highest BCUT2D eigenvalue weighted by atomic mass is 16.7. The van der Waals surface area contributed by atoms with E-state index in [0.717, 1.165) is 77.0 Å². The molecule has 0 aromatic heterocycles. The molecule has 0 aliphatic carbocycles. The highest BCUT2D eigenvalue weighted by molar-refractivity contribution is 5.76. The van der Waals surface area contributed by atoms with E-state index in [4.69, 9.17) is 9.47 Å². The van der Waals surface area contributed by atoms with Crippen LogP contribution in [0.15, 0.2) is 97.2 Å². The summed E-state index contributed by atoms with van der Waals surface area (Å²) in [6, 6.07) is -0.830. The Balaban J connectivity index is 2.18. The van der Waals surface area contributed by atoms with Crippen molar-refractivity contribution in [3.63, 3.8) is 0 Å². The number of rotatable bonds is 58. The first-order valence-electron chi connectivity index (χ1n) is 34.0. The third-order valence-electron chi connectivity index (χ3n) is 15.6. The van der Waals surface area contributed by atoms with Gasteiger partial charge in [0.25, 0.3) is 0 Å². The molecule has 9 nitrogen and oxygen atoms in total.